The summed E-state index contributed by atoms with van der Waals surface area (Å²) in [6, 6.07) is 7.83. The van der Waals surface area contributed by atoms with Gasteiger partial charge in [0.25, 0.3) is 5.91 Å². The number of halogens is 2. The van der Waals surface area contributed by atoms with Crippen LogP contribution in [0.25, 0.3) is 0 Å². The molecule has 1 saturated heterocycles. The van der Waals surface area contributed by atoms with Crippen molar-refractivity contribution in [2.75, 3.05) is 13.2 Å². The van der Waals surface area contributed by atoms with Gasteiger partial charge in [-0.15, -0.1) is 0 Å². The van der Waals surface area contributed by atoms with Gasteiger partial charge in [-0.1, -0.05) is 30.3 Å². The topological polar surface area (TPSA) is 58.6 Å². The second kappa shape index (κ2) is 6.17. The molecule has 2 atom stereocenters. The molecule has 0 unspecified atom stereocenters. The molecule has 1 aromatic carbocycles. The summed E-state index contributed by atoms with van der Waals surface area (Å²) in [5.74, 6) is -4.72. The number of benzene rings is 1. The summed E-state index contributed by atoms with van der Waals surface area (Å²) < 4.78 is 33.6. The van der Waals surface area contributed by atoms with Crippen LogP contribution in [-0.4, -0.2) is 42.3 Å². The first-order chi connectivity index (χ1) is 10.9. The Bertz CT molecular complexity index is 558. The molecule has 23 heavy (non-hydrogen) atoms. The van der Waals surface area contributed by atoms with Gasteiger partial charge < -0.3 is 15.2 Å². The normalized spacial score (nSPS) is 26.6. The number of hydrogen-bond donors (Lipinski definition) is 2. The van der Waals surface area contributed by atoms with E-state index in [-0.39, 0.29) is 0 Å². The van der Waals surface area contributed by atoms with Crippen LogP contribution in [0.3, 0.4) is 0 Å². The quantitative estimate of drug-likeness (QED) is 0.889. The molecule has 3 rings (SSSR count). The summed E-state index contributed by atoms with van der Waals surface area (Å²) in [7, 11) is 0. The van der Waals surface area contributed by atoms with Crippen molar-refractivity contribution in [1.29, 1.82) is 0 Å². The van der Waals surface area contributed by atoms with E-state index in [1.54, 1.807) is 30.3 Å². The van der Waals surface area contributed by atoms with E-state index in [0.29, 0.717) is 38.0 Å². The summed E-state index contributed by atoms with van der Waals surface area (Å²) in [6.45, 7) is 0.980. The lowest BCUT2D eigenvalue weighted by atomic mass is 9.58. The van der Waals surface area contributed by atoms with Crippen molar-refractivity contribution in [3.63, 3.8) is 0 Å². The number of rotatable bonds is 4. The van der Waals surface area contributed by atoms with Crippen LogP contribution in [0.5, 0.6) is 0 Å². The number of carbonyl (C=O) groups excluding carboxylic acids is 1. The highest BCUT2D eigenvalue weighted by Crippen LogP contribution is 2.49. The van der Waals surface area contributed by atoms with Gasteiger partial charge in [0.1, 0.15) is 0 Å². The molecule has 1 amide bonds. The average Bonchev–Trinajstić information content (AvgIpc) is 2.55. The maximum Gasteiger partial charge on any atom is 0.328 e. The number of aliphatic hydroxyl groups excluding tert-OH is 1. The highest BCUT2D eigenvalue weighted by molar-refractivity contribution is 5.84. The summed E-state index contributed by atoms with van der Waals surface area (Å²) in [5.41, 5.74) is -0.0847. The number of alkyl halides is 2. The number of amides is 1. The standard InChI is InChI=1S/C17H21F2NO3/c18-17(19,11-12-4-2-1-3-5-12)15(22)20-13-10-14(21)16(13)6-8-23-9-7-16/h1-5,13-14,21H,6-11H2,(H,20,22)/t13-,14-/m1/s1. The maximum atomic E-state index is 14.2. The summed E-state index contributed by atoms with van der Waals surface area (Å²) >= 11 is 0. The van der Waals surface area contributed by atoms with Crippen molar-refractivity contribution >= 4 is 5.91 Å². The van der Waals surface area contributed by atoms with Crippen molar-refractivity contribution < 1.29 is 23.4 Å². The molecule has 126 valence electrons. The molecule has 0 aromatic heterocycles. The monoisotopic (exact) mass is 325 g/mol. The van der Waals surface area contributed by atoms with Crippen molar-refractivity contribution in [1.82, 2.24) is 5.32 Å². The first kappa shape index (κ1) is 16.3. The predicted octanol–water partition coefficient (Wildman–Crippen LogP) is 1.91. The lowest BCUT2D eigenvalue weighted by molar-refractivity contribution is -0.167. The fraction of sp³-hybridized carbons (Fsp3) is 0.588. The number of ether oxygens (including phenoxy) is 1. The van der Waals surface area contributed by atoms with E-state index >= 15 is 0 Å². The smallest absolute Gasteiger partial charge is 0.328 e. The molecule has 2 fully saturated rings. The number of carbonyl (C=O) groups is 1. The highest BCUT2D eigenvalue weighted by atomic mass is 19.3. The van der Waals surface area contributed by atoms with Crippen LogP contribution >= 0.6 is 0 Å². The van der Waals surface area contributed by atoms with Gasteiger partial charge in [-0.2, -0.15) is 8.78 Å². The molecule has 1 aliphatic carbocycles. The van der Waals surface area contributed by atoms with Crippen LogP contribution in [0.1, 0.15) is 24.8 Å². The Labute approximate surface area is 133 Å². The predicted molar refractivity (Wildman–Crippen MR) is 80.1 cm³/mol. The third-order valence-corrected chi connectivity index (χ3v) is 5.15. The minimum Gasteiger partial charge on any atom is -0.392 e. The average molecular weight is 325 g/mol. The summed E-state index contributed by atoms with van der Waals surface area (Å²) in [4.78, 5) is 12.0. The molecule has 4 nitrogen and oxygen atoms in total. The Morgan fingerprint density at radius 2 is 1.96 bits per heavy atom. The number of hydrogen-bond acceptors (Lipinski definition) is 3. The SMILES string of the molecule is O=C(N[C@@H]1C[C@@H](O)C12CCOCC2)C(F)(F)Cc1ccccc1. The Hall–Kier alpha value is -1.53. The van der Waals surface area contributed by atoms with E-state index in [4.69, 9.17) is 4.74 Å². The molecular weight excluding hydrogens is 304 g/mol. The second-order valence-electron chi connectivity index (χ2n) is 6.49. The lowest BCUT2D eigenvalue weighted by Crippen LogP contribution is -2.67. The zero-order chi connectivity index (χ0) is 16.5. The van der Waals surface area contributed by atoms with Gasteiger partial charge in [0.15, 0.2) is 0 Å². The summed E-state index contributed by atoms with van der Waals surface area (Å²) in [6.07, 6.45) is 0.324. The van der Waals surface area contributed by atoms with Crippen LogP contribution in [0.4, 0.5) is 8.78 Å². The minimum absolute atomic E-state index is 0.327. The van der Waals surface area contributed by atoms with E-state index in [9.17, 15) is 18.7 Å². The van der Waals surface area contributed by atoms with Gasteiger partial charge >= 0.3 is 5.92 Å². The van der Waals surface area contributed by atoms with Crippen molar-refractivity contribution in [3.05, 3.63) is 35.9 Å². The van der Waals surface area contributed by atoms with Crippen LogP contribution in [0.15, 0.2) is 30.3 Å². The fourth-order valence-corrected chi connectivity index (χ4v) is 3.60. The van der Waals surface area contributed by atoms with E-state index in [0.717, 1.165) is 0 Å². The molecule has 2 aliphatic rings. The number of nitrogens with one attached hydrogen (secondary N) is 1. The molecule has 1 aliphatic heterocycles. The van der Waals surface area contributed by atoms with Gasteiger partial charge in [-0.25, -0.2) is 0 Å². The van der Waals surface area contributed by atoms with Crippen LogP contribution in [0, 0.1) is 5.41 Å². The Morgan fingerprint density at radius 3 is 2.57 bits per heavy atom. The van der Waals surface area contributed by atoms with E-state index in [1.807, 2.05) is 0 Å². The van der Waals surface area contributed by atoms with Gasteiger partial charge in [0, 0.05) is 31.1 Å². The van der Waals surface area contributed by atoms with Gasteiger partial charge in [-0.3, -0.25) is 4.79 Å². The second-order valence-corrected chi connectivity index (χ2v) is 6.49. The van der Waals surface area contributed by atoms with E-state index in [2.05, 4.69) is 5.32 Å². The lowest BCUT2D eigenvalue weighted by Gasteiger charge is -2.55. The first-order valence-electron chi connectivity index (χ1n) is 7.93. The zero-order valence-electron chi connectivity index (χ0n) is 12.8. The molecular formula is C17H21F2NO3. The third-order valence-electron chi connectivity index (χ3n) is 5.15. The molecule has 1 aromatic rings. The summed E-state index contributed by atoms with van der Waals surface area (Å²) in [5, 5.41) is 12.5. The van der Waals surface area contributed by atoms with Crippen LogP contribution < -0.4 is 5.32 Å². The van der Waals surface area contributed by atoms with Crippen molar-refractivity contribution in [3.8, 4) is 0 Å². The highest BCUT2D eigenvalue weighted by Gasteiger charge is 2.56. The molecule has 2 N–H and O–H groups in total. The zero-order valence-corrected chi connectivity index (χ0v) is 12.8. The van der Waals surface area contributed by atoms with Gasteiger partial charge in [0.2, 0.25) is 0 Å². The minimum atomic E-state index is -3.46. The van der Waals surface area contributed by atoms with E-state index in [1.165, 1.54) is 0 Å². The first-order valence-corrected chi connectivity index (χ1v) is 7.93. The maximum absolute atomic E-state index is 14.2. The fourth-order valence-electron chi connectivity index (χ4n) is 3.60. The Balaban J connectivity index is 1.64. The molecule has 1 heterocycles. The third kappa shape index (κ3) is 3.10. The molecule has 0 bridgehead atoms. The largest absolute Gasteiger partial charge is 0.392 e. The molecule has 1 spiro atoms. The van der Waals surface area contributed by atoms with E-state index < -0.39 is 35.8 Å². The Morgan fingerprint density at radius 1 is 1.30 bits per heavy atom. The Kier molecular flexibility index (Phi) is 4.38. The van der Waals surface area contributed by atoms with Gasteiger partial charge in [0.05, 0.1) is 6.10 Å². The van der Waals surface area contributed by atoms with Crippen LogP contribution in [-0.2, 0) is 16.0 Å². The molecule has 6 heteroatoms. The van der Waals surface area contributed by atoms with Gasteiger partial charge in [-0.05, 0) is 24.8 Å². The molecule has 1 saturated carbocycles. The van der Waals surface area contributed by atoms with Crippen molar-refractivity contribution in [2.45, 2.75) is 43.8 Å². The molecule has 0 radical (unpaired) electrons. The number of aliphatic hydroxyl groups is 1. The van der Waals surface area contributed by atoms with Crippen molar-refractivity contribution in [2.24, 2.45) is 5.41 Å². The van der Waals surface area contributed by atoms with Crippen LogP contribution in [0.2, 0.25) is 0 Å².